The van der Waals surface area contributed by atoms with E-state index in [1.807, 2.05) is 24.3 Å². The summed E-state index contributed by atoms with van der Waals surface area (Å²) < 4.78 is 10.9. The number of hydrogen-bond acceptors (Lipinski definition) is 5. The molecule has 2 rings (SSSR count). The molecule has 6 heteroatoms. The van der Waals surface area contributed by atoms with Crippen molar-refractivity contribution in [3.63, 3.8) is 0 Å². The van der Waals surface area contributed by atoms with Crippen LogP contribution in [0.4, 0.5) is 0 Å². The minimum Gasteiger partial charge on any atom is -0.465 e. The number of esters is 1. The molecule has 100 valence electrons. The molecule has 0 saturated heterocycles. The second kappa shape index (κ2) is 5.97. The van der Waals surface area contributed by atoms with Gasteiger partial charge in [0.05, 0.1) is 6.61 Å². The predicted molar refractivity (Wildman–Crippen MR) is 72.5 cm³/mol. The molecule has 19 heavy (non-hydrogen) atoms. The minimum absolute atomic E-state index is 0.254. The van der Waals surface area contributed by atoms with E-state index in [-0.39, 0.29) is 11.9 Å². The van der Waals surface area contributed by atoms with Crippen LogP contribution < -0.4 is 0 Å². The Kier molecular flexibility index (Phi) is 4.31. The van der Waals surface area contributed by atoms with E-state index in [2.05, 4.69) is 26.1 Å². The summed E-state index contributed by atoms with van der Waals surface area (Å²) in [6.45, 7) is 3.76. The maximum absolute atomic E-state index is 11.6. The molecule has 5 nitrogen and oxygen atoms in total. The molecule has 0 N–H and O–H groups in total. The normalized spacial score (nSPS) is 12.2. The zero-order valence-corrected chi connectivity index (χ0v) is 12.2. The van der Waals surface area contributed by atoms with Gasteiger partial charge in [0.1, 0.15) is 5.92 Å². The topological polar surface area (TPSA) is 65.2 Å². The maximum atomic E-state index is 11.6. The maximum Gasteiger partial charge on any atom is 0.318 e. The third-order valence-corrected chi connectivity index (χ3v) is 3.26. The lowest BCUT2D eigenvalue weighted by Gasteiger charge is -2.04. The fraction of sp³-hybridized carbons (Fsp3) is 0.308. The summed E-state index contributed by atoms with van der Waals surface area (Å²) >= 11 is 3.42. The first kappa shape index (κ1) is 13.7. The van der Waals surface area contributed by atoms with Crippen LogP contribution in [0.2, 0.25) is 0 Å². The zero-order chi connectivity index (χ0) is 13.8. The molecule has 0 spiro atoms. The molecule has 0 aliphatic heterocycles. The highest BCUT2D eigenvalue weighted by Gasteiger charge is 2.23. The van der Waals surface area contributed by atoms with Gasteiger partial charge < -0.3 is 9.26 Å². The fourth-order valence-electron chi connectivity index (χ4n) is 1.53. The SMILES string of the molecule is CCOC(=O)C(C)c1nc(-c2ccccc2Br)no1. The summed E-state index contributed by atoms with van der Waals surface area (Å²) in [6, 6.07) is 7.54. The van der Waals surface area contributed by atoms with Crippen LogP contribution in [0.25, 0.3) is 11.4 Å². The number of ether oxygens (including phenoxy) is 1. The van der Waals surface area contributed by atoms with Crippen LogP contribution in [0, 0.1) is 0 Å². The van der Waals surface area contributed by atoms with Gasteiger partial charge in [-0.3, -0.25) is 4.79 Å². The summed E-state index contributed by atoms with van der Waals surface area (Å²) in [5.74, 6) is -0.239. The standard InChI is InChI=1S/C13H13BrN2O3/c1-3-18-13(17)8(2)12-15-11(16-19-12)9-6-4-5-7-10(9)14/h4-8H,3H2,1-2H3. The van der Waals surface area contributed by atoms with Gasteiger partial charge in [0.2, 0.25) is 11.7 Å². The molecule has 2 aromatic rings. The van der Waals surface area contributed by atoms with Gasteiger partial charge in [0, 0.05) is 10.0 Å². The van der Waals surface area contributed by atoms with E-state index < -0.39 is 5.92 Å². The van der Waals surface area contributed by atoms with Crippen LogP contribution in [-0.4, -0.2) is 22.7 Å². The monoisotopic (exact) mass is 324 g/mol. The Hall–Kier alpha value is -1.69. The quantitative estimate of drug-likeness (QED) is 0.808. The number of hydrogen-bond donors (Lipinski definition) is 0. The van der Waals surface area contributed by atoms with Gasteiger partial charge in [0.25, 0.3) is 0 Å². The summed E-state index contributed by atoms with van der Waals surface area (Å²) in [4.78, 5) is 15.8. The molecule has 0 saturated carbocycles. The van der Waals surface area contributed by atoms with Crippen molar-refractivity contribution in [3.8, 4) is 11.4 Å². The fourth-order valence-corrected chi connectivity index (χ4v) is 1.99. The van der Waals surface area contributed by atoms with Gasteiger partial charge in [-0.15, -0.1) is 0 Å². The second-order valence-electron chi connectivity index (χ2n) is 3.91. The van der Waals surface area contributed by atoms with Crippen LogP contribution >= 0.6 is 15.9 Å². The molecule has 1 aromatic carbocycles. The predicted octanol–water partition coefficient (Wildman–Crippen LogP) is 3.17. The van der Waals surface area contributed by atoms with E-state index in [4.69, 9.17) is 9.26 Å². The van der Waals surface area contributed by atoms with Crippen LogP contribution in [0.5, 0.6) is 0 Å². The first-order valence-corrected chi connectivity index (χ1v) is 6.68. The lowest BCUT2D eigenvalue weighted by molar-refractivity contribution is -0.145. The Morgan fingerprint density at radius 3 is 2.89 bits per heavy atom. The van der Waals surface area contributed by atoms with Gasteiger partial charge in [-0.2, -0.15) is 4.98 Å². The molecular formula is C13H13BrN2O3. The van der Waals surface area contributed by atoms with E-state index in [0.717, 1.165) is 10.0 Å². The Morgan fingerprint density at radius 2 is 2.21 bits per heavy atom. The van der Waals surface area contributed by atoms with Crippen molar-refractivity contribution in [1.82, 2.24) is 10.1 Å². The Morgan fingerprint density at radius 1 is 1.47 bits per heavy atom. The Labute approximate surface area is 119 Å². The number of nitrogens with zero attached hydrogens (tertiary/aromatic N) is 2. The van der Waals surface area contributed by atoms with E-state index >= 15 is 0 Å². The van der Waals surface area contributed by atoms with Gasteiger partial charge in [-0.1, -0.05) is 33.2 Å². The van der Waals surface area contributed by atoms with Gasteiger partial charge in [-0.05, 0) is 26.0 Å². The van der Waals surface area contributed by atoms with Crippen LogP contribution in [0.3, 0.4) is 0 Å². The molecule has 0 amide bonds. The number of aromatic nitrogens is 2. The number of carbonyl (C=O) groups excluding carboxylic acids is 1. The molecule has 0 radical (unpaired) electrons. The molecule has 1 aromatic heterocycles. The average molecular weight is 325 g/mol. The van der Waals surface area contributed by atoms with Crippen LogP contribution in [0.1, 0.15) is 25.7 Å². The number of halogens is 1. The van der Waals surface area contributed by atoms with Gasteiger partial charge >= 0.3 is 5.97 Å². The first-order valence-electron chi connectivity index (χ1n) is 5.88. The minimum atomic E-state index is -0.566. The molecule has 0 aliphatic rings. The molecule has 0 fully saturated rings. The third-order valence-electron chi connectivity index (χ3n) is 2.57. The Bertz CT molecular complexity index is 583. The van der Waals surface area contributed by atoms with Crippen LogP contribution in [-0.2, 0) is 9.53 Å². The van der Waals surface area contributed by atoms with E-state index in [9.17, 15) is 4.79 Å². The largest absolute Gasteiger partial charge is 0.465 e. The average Bonchev–Trinajstić information content (AvgIpc) is 2.88. The van der Waals surface area contributed by atoms with E-state index in [0.29, 0.717) is 12.4 Å². The Balaban J connectivity index is 2.24. The van der Waals surface area contributed by atoms with Gasteiger partial charge in [0.15, 0.2) is 0 Å². The highest BCUT2D eigenvalue weighted by Crippen LogP contribution is 2.26. The number of rotatable bonds is 4. The molecule has 0 aliphatic carbocycles. The van der Waals surface area contributed by atoms with Crippen molar-refractivity contribution in [2.45, 2.75) is 19.8 Å². The van der Waals surface area contributed by atoms with Crippen molar-refractivity contribution in [2.75, 3.05) is 6.61 Å². The lowest BCUT2D eigenvalue weighted by atomic mass is 10.2. The summed E-state index contributed by atoms with van der Waals surface area (Å²) in [7, 11) is 0. The highest BCUT2D eigenvalue weighted by molar-refractivity contribution is 9.10. The molecule has 0 bridgehead atoms. The second-order valence-corrected chi connectivity index (χ2v) is 4.76. The summed E-state index contributed by atoms with van der Waals surface area (Å²) in [5, 5.41) is 3.89. The van der Waals surface area contributed by atoms with Crippen molar-refractivity contribution in [2.24, 2.45) is 0 Å². The molecule has 1 atom stereocenters. The van der Waals surface area contributed by atoms with Gasteiger partial charge in [-0.25, -0.2) is 0 Å². The van der Waals surface area contributed by atoms with Crippen molar-refractivity contribution >= 4 is 21.9 Å². The van der Waals surface area contributed by atoms with Crippen LogP contribution in [0.15, 0.2) is 33.3 Å². The van der Waals surface area contributed by atoms with E-state index in [1.54, 1.807) is 13.8 Å². The first-order chi connectivity index (χ1) is 9.13. The smallest absolute Gasteiger partial charge is 0.318 e. The van der Waals surface area contributed by atoms with E-state index in [1.165, 1.54) is 0 Å². The zero-order valence-electron chi connectivity index (χ0n) is 10.6. The summed E-state index contributed by atoms with van der Waals surface area (Å²) in [6.07, 6.45) is 0. The molecule has 1 heterocycles. The number of carbonyl (C=O) groups is 1. The molecular weight excluding hydrogens is 312 g/mol. The number of benzene rings is 1. The van der Waals surface area contributed by atoms with Crippen molar-refractivity contribution in [3.05, 3.63) is 34.6 Å². The molecule has 1 unspecified atom stereocenters. The third kappa shape index (κ3) is 3.01. The van der Waals surface area contributed by atoms with Crippen molar-refractivity contribution < 1.29 is 14.1 Å². The highest BCUT2D eigenvalue weighted by atomic mass is 79.9. The lowest BCUT2D eigenvalue weighted by Crippen LogP contribution is -2.13. The summed E-state index contributed by atoms with van der Waals surface area (Å²) in [5.41, 5.74) is 0.813. The van der Waals surface area contributed by atoms with Crippen molar-refractivity contribution in [1.29, 1.82) is 0 Å².